The summed E-state index contributed by atoms with van der Waals surface area (Å²) in [6.07, 6.45) is -1.35. The van der Waals surface area contributed by atoms with Gasteiger partial charge in [0, 0.05) is 45.8 Å². The lowest BCUT2D eigenvalue weighted by Crippen LogP contribution is -2.28. The number of para-hydroxylation sites is 2. The predicted octanol–water partition coefficient (Wildman–Crippen LogP) is 9.31. The summed E-state index contributed by atoms with van der Waals surface area (Å²) >= 11 is 0. The highest BCUT2D eigenvalue weighted by atomic mass is 16.5. The minimum absolute atomic E-state index is 0.0712. The van der Waals surface area contributed by atoms with E-state index in [9.17, 15) is 19.5 Å². The van der Waals surface area contributed by atoms with Crippen molar-refractivity contribution in [2.24, 2.45) is 10.8 Å². The van der Waals surface area contributed by atoms with E-state index in [4.69, 9.17) is 4.74 Å². The van der Waals surface area contributed by atoms with Crippen molar-refractivity contribution in [3.05, 3.63) is 129 Å². The molecular weight excluding hydrogens is 612 g/mol. The first-order valence-corrected chi connectivity index (χ1v) is 16.6. The van der Waals surface area contributed by atoms with Crippen LogP contribution in [0, 0.1) is 38.5 Å². The van der Waals surface area contributed by atoms with Crippen LogP contribution in [0.5, 0.6) is 0 Å². The zero-order valence-corrected chi connectivity index (χ0v) is 30.8. The Morgan fingerprint density at radius 2 is 0.959 bits per heavy atom. The number of carbonyl (C=O) groups excluding carboxylic acids is 3. The first kappa shape index (κ1) is 38.7. The van der Waals surface area contributed by atoms with Gasteiger partial charge in [0.25, 0.3) is 0 Å². The van der Waals surface area contributed by atoms with Crippen LogP contribution in [0.2, 0.25) is 0 Å². The van der Waals surface area contributed by atoms with E-state index < -0.39 is 23.0 Å². The maximum atomic E-state index is 12.5. The highest BCUT2D eigenvalue weighted by Gasteiger charge is 2.27. The normalized spacial score (nSPS) is 12.6. The Kier molecular flexibility index (Phi) is 12.7. The summed E-state index contributed by atoms with van der Waals surface area (Å²) in [5.41, 5.74) is 7.93. The number of esters is 1. The molecule has 49 heavy (non-hydrogen) atoms. The summed E-state index contributed by atoms with van der Waals surface area (Å²) in [6.45, 7) is 20.6. The van der Waals surface area contributed by atoms with Crippen LogP contribution in [0.1, 0.15) is 105 Å². The van der Waals surface area contributed by atoms with Crippen LogP contribution in [0.25, 0.3) is 0 Å². The molecule has 4 aromatic rings. The van der Waals surface area contributed by atoms with Crippen molar-refractivity contribution >= 4 is 29.2 Å². The molecule has 7 heteroatoms. The van der Waals surface area contributed by atoms with Crippen molar-refractivity contribution < 1.29 is 24.2 Å². The van der Waals surface area contributed by atoms with E-state index in [1.165, 1.54) is 6.92 Å². The summed E-state index contributed by atoms with van der Waals surface area (Å²) in [6, 6.07) is 26.7. The molecule has 0 fully saturated rings. The van der Waals surface area contributed by atoms with E-state index in [1.807, 2.05) is 154 Å². The molecule has 0 heterocycles. The second-order valence-corrected chi connectivity index (χ2v) is 14.6. The Balaban J connectivity index is 0.000000267. The van der Waals surface area contributed by atoms with Crippen LogP contribution in [-0.2, 0) is 19.1 Å². The summed E-state index contributed by atoms with van der Waals surface area (Å²) in [5, 5.41) is 16.8. The number of rotatable bonds is 7. The van der Waals surface area contributed by atoms with Crippen molar-refractivity contribution in [1.29, 1.82) is 0 Å². The molecule has 2 unspecified atom stereocenters. The second kappa shape index (κ2) is 16.1. The third-order valence-electron chi connectivity index (χ3n) is 8.51. The van der Waals surface area contributed by atoms with E-state index in [-0.39, 0.29) is 17.8 Å². The Bertz CT molecular complexity index is 1800. The third-order valence-corrected chi connectivity index (χ3v) is 8.51. The molecule has 0 saturated carbocycles. The van der Waals surface area contributed by atoms with E-state index in [0.29, 0.717) is 16.9 Å². The minimum Gasteiger partial charge on any atom is -0.453 e. The van der Waals surface area contributed by atoms with Crippen LogP contribution in [0.15, 0.2) is 84.9 Å². The number of nitrogens with one attached hydrogen (secondary N) is 2. The average molecular weight is 665 g/mol. The number of anilines is 2. The fourth-order valence-corrected chi connectivity index (χ4v) is 5.06. The monoisotopic (exact) mass is 664 g/mol. The van der Waals surface area contributed by atoms with Gasteiger partial charge in [-0.05, 0) is 67.6 Å². The first-order valence-electron chi connectivity index (χ1n) is 16.6. The molecule has 0 aliphatic heterocycles. The SMILES string of the molecule is CC(=O)OC(c1ccccc1NC(=O)C(C)(C)C)c1cccc(C)c1C.Cc1cccc(C(O)c2ccccc2NC(=O)C(C)(C)C)c1C. The van der Waals surface area contributed by atoms with Gasteiger partial charge in [0.15, 0.2) is 6.10 Å². The van der Waals surface area contributed by atoms with Crippen LogP contribution in [0.4, 0.5) is 11.4 Å². The number of carbonyl (C=O) groups is 3. The highest BCUT2D eigenvalue weighted by Crippen LogP contribution is 2.35. The molecule has 7 nitrogen and oxygen atoms in total. The largest absolute Gasteiger partial charge is 0.453 e. The van der Waals surface area contributed by atoms with Gasteiger partial charge >= 0.3 is 5.97 Å². The summed E-state index contributed by atoms with van der Waals surface area (Å²) in [7, 11) is 0. The molecule has 260 valence electrons. The van der Waals surface area contributed by atoms with Gasteiger partial charge in [-0.2, -0.15) is 0 Å². The maximum Gasteiger partial charge on any atom is 0.303 e. The molecule has 4 aromatic carbocycles. The van der Waals surface area contributed by atoms with Crippen LogP contribution in [-0.4, -0.2) is 22.9 Å². The number of aliphatic hydroxyl groups excluding tert-OH is 1. The molecule has 4 rings (SSSR count). The molecule has 0 aliphatic carbocycles. The van der Waals surface area contributed by atoms with Gasteiger partial charge < -0.3 is 20.5 Å². The van der Waals surface area contributed by atoms with Crippen molar-refractivity contribution in [2.45, 2.75) is 88.4 Å². The maximum absolute atomic E-state index is 12.5. The standard InChI is InChI=1S/C22H27NO3.C20H25NO2/c1-14-10-9-12-17(15(14)2)20(26-16(3)24)18-11-7-8-13-19(18)23-21(25)22(4,5)6;1-13-9-8-11-15(14(13)2)18(22)16-10-6-7-12-17(16)21-19(23)20(3,4)5/h7-13,20H,1-6H3,(H,23,25);6-12,18,22H,1-5H3,(H,21,23). The molecule has 0 saturated heterocycles. The van der Waals surface area contributed by atoms with Crippen molar-refractivity contribution in [2.75, 3.05) is 10.6 Å². The number of aliphatic hydroxyl groups is 1. The predicted molar refractivity (Wildman–Crippen MR) is 199 cm³/mol. The Hall–Kier alpha value is -4.75. The number of ether oxygens (including phenoxy) is 1. The van der Waals surface area contributed by atoms with Gasteiger partial charge in [-0.3, -0.25) is 14.4 Å². The Morgan fingerprint density at radius 3 is 1.43 bits per heavy atom. The van der Waals surface area contributed by atoms with Gasteiger partial charge in [0.1, 0.15) is 6.10 Å². The third kappa shape index (κ3) is 10.1. The fourth-order valence-electron chi connectivity index (χ4n) is 5.06. The fraction of sp³-hybridized carbons (Fsp3) is 0.357. The molecular formula is C42H52N2O5. The zero-order chi connectivity index (χ0) is 36.7. The lowest BCUT2D eigenvalue weighted by molar-refractivity contribution is -0.144. The van der Waals surface area contributed by atoms with Gasteiger partial charge in [-0.25, -0.2) is 0 Å². The Labute approximate surface area is 292 Å². The number of hydrogen-bond donors (Lipinski definition) is 3. The van der Waals surface area contributed by atoms with Crippen molar-refractivity contribution in [3.63, 3.8) is 0 Å². The smallest absolute Gasteiger partial charge is 0.303 e. The summed E-state index contributed by atoms with van der Waals surface area (Å²) in [5.74, 6) is -0.529. The van der Waals surface area contributed by atoms with Gasteiger partial charge in [-0.15, -0.1) is 0 Å². The van der Waals surface area contributed by atoms with Crippen molar-refractivity contribution in [3.8, 4) is 0 Å². The van der Waals surface area contributed by atoms with Crippen LogP contribution in [0.3, 0.4) is 0 Å². The lowest BCUT2D eigenvalue weighted by Gasteiger charge is -2.25. The van der Waals surface area contributed by atoms with E-state index in [1.54, 1.807) is 0 Å². The van der Waals surface area contributed by atoms with Gasteiger partial charge in [-0.1, -0.05) is 114 Å². The van der Waals surface area contributed by atoms with Gasteiger partial charge in [0.05, 0.1) is 0 Å². The highest BCUT2D eigenvalue weighted by molar-refractivity contribution is 5.96. The quantitative estimate of drug-likeness (QED) is 0.171. The summed E-state index contributed by atoms with van der Waals surface area (Å²) < 4.78 is 5.68. The minimum atomic E-state index is -0.772. The van der Waals surface area contributed by atoms with E-state index in [0.717, 1.165) is 38.9 Å². The van der Waals surface area contributed by atoms with Crippen LogP contribution < -0.4 is 10.6 Å². The number of benzene rings is 4. The topological polar surface area (TPSA) is 105 Å². The number of hydrogen-bond acceptors (Lipinski definition) is 5. The first-order chi connectivity index (χ1) is 22.8. The molecule has 3 N–H and O–H groups in total. The molecule has 0 aromatic heterocycles. The molecule has 0 bridgehead atoms. The van der Waals surface area contributed by atoms with E-state index in [2.05, 4.69) is 10.6 Å². The molecule has 2 amide bonds. The van der Waals surface area contributed by atoms with Gasteiger partial charge in [0.2, 0.25) is 11.8 Å². The van der Waals surface area contributed by atoms with E-state index >= 15 is 0 Å². The zero-order valence-electron chi connectivity index (χ0n) is 30.8. The molecule has 0 spiro atoms. The Morgan fingerprint density at radius 1 is 0.571 bits per heavy atom. The number of aryl methyl sites for hydroxylation is 2. The molecule has 0 radical (unpaired) electrons. The van der Waals surface area contributed by atoms with Crippen LogP contribution >= 0.6 is 0 Å². The van der Waals surface area contributed by atoms with Crippen molar-refractivity contribution in [1.82, 2.24) is 0 Å². The lowest BCUT2D eigenvalue weighted by atomic mass is 9.92. The summed E-state index contributed by atoms with van der Waals surface area (Å²) in [4.78, 5) is 36.5. The number of amides is 2. The average Bonchev–Trinajstić information content (AvgIpc) is 3.02. The second-order valence-electron chi connectivity index (χ2n) is 14.6. The molecule has 2 atom stereocenters. The molecule has 0 aliphatic rings.